The first kappa shape index (κ1) is 10.2. The van der Waals surface area contributed by atoms with E-state index in [9.17, 15) is 4.79 Å². The Morgan fingerprint density at radius 3 is 2.50 bits per heavy atom. The Balaban J connectivity index is 1.85. The Bertz CT molecular complexity index is 204. The van der Waals surface area contributed by atoms with Crippen LogP contribution in [0.2, 0.25) is 0 Å². The zero-order valence-electron chi connectivity index (χ0n) is 9.17. The van der Waals surface area contributed by atoms with Crippen LogP contribution in [-0.4, -0.2) is 30.8 Å². The van der Waals surface area contributed by atoms with Gasteiger partial charge in [0.05, 0.1) is 0 Å². The van der Waals surface area contributed by atoms with Gasteiger partial charge in [-0.15, -0.1) is 0 Å². The van der Waals surface area contributed by atoms with Gasteiger partial charge in [-0.3, -0.25) is 4.79 Å². The normalized spacial score (nSPS) is 32.1. The van der Waals surface area contributed by atoms with Gasteiger partial charge < -0.3 is 4.90 Å². The molecule has 2 rings (SSSR count). The Morgan fingerprint density at radius 2 is 1.86 bits per heavy atom. The third-order valence-electron chi connectivity index (χ3n) is 3.92. The molecule has 2 fully saturated rings. The molecule has 2 heteroatoms. The van der Waals surface area contributed by atoms with E-state index < -0.39 is 0 Å². The van der Waals surface area contributed by atoms with Crippen molar-refractivity contribution in [2.75, 3.05) is 20.1 Å². The highest BCUT2D eigenvalue weighted by Gasteiger charge is 2.28. The molecule has 1 heterocycles. The van der Waals surface area contributed by atoms with E-state index in [1.807, 2.05) is 0 Å². The molecule has 0 aromatic heterocycles. The Morgan fingerprint density at radius 1 is 1.14 bits per heavy atom. The lowest BCUT2D eigenvalue weighted by atomic mass is 9.76. The minimum atomic E-state index is 0.491. The van der Waals surface area contributed by atoms with Gasteiger partial charge in [-0.25, -0.2) is 0 Å². The van der Waals surface area contributed by atoms with Gasteiger partial charge in [-0.1, -0.05) is 0 Å². The zero-order valence-corrected chi connectivity index (χ0v) is 9.17. The van der Waals surface area contributed by atoms with Gasteiger partial charge in [0, 0.05) is 19.4 Å². The topological polar surface area (TPSA) is 20.3 Å². The fraction of sp³-hybridized carbons (Fsp3) is 0.917. The number of hydrogen-bond acceptors (Lipinski definition) is 2. The second-order valence-electron chi connectivity index (χ2n) is 5.04. The van der Waals surface area contributed by atoms with E-state index in [-0.39, 0.29) is 0 Å². The van der Waals surface area contributed by atoms with Crippen LogP contribution >= 0.6 is 0 Å². The minimum Gasteiger partial charge on any atom is -0.306 e. The van der Waals surface area contributed by atoms with Crippen molar-refractivity contribution < 1.29 is 4.79 Å². The van der Waals surface area contributed by atoms with Gasteiger partial charge in [-0.2, -0.15) is 0 Å². The monoisotopic (exact) mass is 195 g/mol. The van der Waals surface area contributed by atoms with Crippen LogP contribution in [0.3, 0.4) is 0 Å². The summed E-state index contributed by atoms with van der Waals surface area (Å²) in [6.45, 7) is 2.53. The lowest BCUT2D eigenvalue weighted by Gasteiger charge is -2.36. The molecule has 2 aliphatic rings. The molecule has 1 saturated carbocycles. The molecule has 14 heavy (non-hydrogen) atoms. The van der Waals surface area contributed by atoms with Crippen molar-refractivity contribution in [1.82, 2.24) is 4.90 Å². The van der Waals surface area contributed by atoms with Crippen LogP contribution in [0.4, 0.5) is 0 Å². The van der Waals surface area contributed by atoms with Crippen molar-refractivity contribution in [3.05, 3.63) is 0 Å². The summed E-state index contributed by atoms with van der Waals surface area (Å²) in [4.78, 5) is 13.6. The molecule has 0 aromatic carbocycles. The molecule has 2 nitrogen and oxygen atoms in total. The number of piperidine rings is 1. The molecule has 1 aliphatic carbocycles. The molecule has 1 saturated heterocycles. The molecule has 0 spiro atoms. The summed E-state index contributed by atoms with van der Waals surface area (Å²) in [6.07, 6.45) is 6.78. The smallest absolute Gasteiger partial charge is 0.132 e. The standard InChI is InChI=1S/C12H21NO/c1-13-8-2-3-11(9-13)10-4-6-12(14)7-5-10/h10-11H,2-9H2,1H3. The quantitative estimate of drug-likeness (QED) is 0.638. The molecular weight excluding hydrogens is 174 g/mol. The summed E-state index contributed by atoms with van der Waals surface area (Å²) in [7, 11) is 2.22. The fourth-order valence-electron chi connectivity index (χ4n) is 3.02. The highest BCUT2D eigenvalue weighted by molar-refractivity contribution is 5.79. The molecule has 1 atom stereocenters. The number of hydrogen-bond donors (Lipinski definition) is 0. The molecule has 0 bridgehead atoms. The second kappa shape index (κ2) is 4.43. The third-order valence-corrected chi connectivity index (χ3v) is 3.92. The van der Waals surface area contributed by atoms with Crippen LogP contribution in [0.5, 0.6) is 0 Å². The number of likely N-dealkylation sites (tertiary alicyclic amines) is 1. The van der Waals surface area contributed by atoms with E-state index >= 15 is 0 Å². The number of ketones is 1. The molecule has 1 unspecified atom stereocenters. The number of carbonyl (C=O) groups excluding carboxylic acids is 1. The predicted molar refractivity (Wildman–Crippen MR) is 57.2 cm³/mol. The highest BCUT2D eigenvalue weighted by Crippen LogP contribution is 2.33. The number of rotatable bonds is 1. The highest BCUT2D eigenvalue weighted by atomic mass is 16.1. The van der Waals surface area contributed by atoms with Gasteiger partial charge >= 0.3 is 0 Å². The summed E-state index contributed by atoms with van der Waals surface area (Å²) in [5.41, 5.74) is 0. The average molecular weight is 195 g/mol. The first-order chi connectivity index (χ1) is 6.75. The lowest BCUT2D eigenvalue weighted by Crippen LogP contribution is -2.37. The van der Waals surface area contributed by atoms with Crippen molar-refractivity contribution in [2.24, 2.45) is 11.8 Å². The van der Waals surface area contributed by atoms with E-state index in [0.29, 0.717) is 5.78 Å². The maximum Gasteiger partial charge on any atom is 0.132 e. The van der Waals surface area contributed by atoms with Gasteiger partial charge in [-0.05, 0) is 51.1 Å². The summed E-state index contributed by atoms with van der Waals surface area (Å²) in [6, 6.07) is 0. The van der Waals surface area contributed by atoms with E-state index in [1.165, 1.54) is 25.9 Å². The van der Waals surface area contributed by atoms with Crippen LogP contribution in [0.15, 0.2) is 0 Å². The first-order valence-corrected chi connectivity index (χ1v) is 5.96. The van der Waals surface area contributed by atoms with Gasteiger partial charge in [0.25, 0.3) is 0 Å². The van der Waals surface area contributed by atoms with E-state index in [0.717, 1.165) is 37.5 Å². The summed E-state index contributed by atoms with van der Waals surface area (Å²) < 4.78 is 0. The molecule has 0 N–H and O–H groups in total. The molecular formula is C12H21NO. The number of Topliss-reactive ketones (excluding diaryl/α,β-unsaturated/α-hetero) is 1. The van der Waals surface area contributed by atoms with Crippen LogP contribution in [0.25, 0.3) is 0 Å². The second-order valence-corrected chi connectivity index (χ2v) is 5.04. The maximum atomic E-state index is 11.1. The predicted octanol–water partition coefficient (Wildman–Crippen LogP) is 2.09. The molecule has 1 aliphatic heterocycles. The van der Waals surface area contributed by atoms with Crippen molar-refractivity contribution in [3.63, 3.8) is 0 Å². The number of carbonyl (C=O) groups is 1. The first-order valence-electron chi connectivity index (χ1n) is 5.96. The van der Waals surface area contributed by atoms with Gasteiger partial charge in [0.2, 0.25) is 0 Å². The molecule has 0 amide bonds. The Hall–Kier alpha value is -0.370. The van der Waals surface area contributed by atoms with E-state index in [4.69, 9.17) is 0 Å². The third kappa shape index (κ3) is 2.35. The zero-order chi connectivity index (χ0) is 9.97. The van der Waals surface area contributed by atoms with Gasteiger partial charge in [0.15, 0.2) is 0 Å². The minimum absolute atomic E-state index is 0.491. The van der Waals surface area contributed by atoms with E-state index in [2.05, 4.69) is 11.9 Å². The van der Waals surface area contributed by atoms with Crippen LogP contribution in [0.1, 0.15) is 38.5 Å². The average Bonchev–Trinajstić information content (AvgIpc) is 2.19. The van der Waals surface area contributed by atoms with Crippen molar-refractivity contribution in [3.8, 4) is 0 Å². The van der Waals surface area contributed by atoms with Gasteiger partial charge in [0.1, 0.15) is 5.78 Å². The maximum absolute atomic E-state index is 11.1. The molecule has 80 valence electrons. The van der Waals surface area contributed by atoms with E-state index in [1.54, 1.807) is 0 Å². The van der Waals surface area contributed by atoms with Crippen molar-refractivity contribution in [1.29, 1.82) is 0 Å². The van der Waals surface area contributed by atoms with Crippen molar-refractivity contribution >= 4 is 5.78 Å². The summed E-state index contributed by atoms with van der Waals surface area (Å²) in [5.74, 6) is 2.21. The molecule has 0 aromatic rings. The molecule has 0 radical (unpaired) electrons. The van der Waals surface area contributed by atoms with Crippen molar-refractivity contribution in [2.45, 2.75) is 38.5 Å². The Labute approximate surface area is 86.7 Å². The fourth-order valence-corrected chi connectivity index (χ4v) is 3.02. The lowest BCUT2D eigenvalue weighted by molar-refractivity contribution is -0.121. The van der Waals surface area contributed by atoms with Crippen LogP contribution in [0, 0.1) is 11.8 Å². The Kier molecular flexibility index (Phi) is 3.22. The van der Waals surface area contributed by atoms with Crippen LogP contribution in [-0.2, 0) is 4.79 Å². The summed E-state index contributed by atoms with van der Waals surface area (Å²) >= 11 is 0. The van der Waals surface area contributed by atoms with Crippen LogP contribution < -0.4 is 0 Å². The SMILES string of the molecule is CN1CCCC(C2CCC(=O)CC2)C1. The largest absolute Gasteiger partial charge is 0.306 e. The number of nitrogens with zero attached hydrogens (tertiary/aromatic N) is 1. The summed E-state index contributed by atoms with van der Waals surface area (Å²) in [5, 5.41) is 0.